The monoisotopic (exact) mass is 395 g/mol. The van der Waals surface area contributed by atoms with E-state index in [0.717, 1.165) is 11.9 Å². The molecule has 0 bridgehead atoms. The highest BCUT2D eigenvalue weighted by Crippen LogP contribution is 2.28. The van der Waals surface area contributed by atoms with E-state index in [2.05, 4.69) is 20.2 Å². The van der Waals surface area contributed by atoms with Gasteiger partial charge in [0, 0.05) is 37.0 Å². The summed E-state index contributed by atoms with van der Waals surface area (Å²) in [6, 6.07) is 3.31. The molecular formula is C20H19F2N7. The van der Waals surface area contributed by atoms with Crippen LogP contribution in [0.15, 0.2) is 36.7 Å². The number of aromatic amines is 1. The van der Waals surface area contributed by atoms with Gasteiger partial charge in [-0.2, -0.15) is 5.10 Å². The minimum absolute atomic E-state index is 0.0957. The number of aryl methyl sites for hydroxylation is 1. The lowest BCUT2D eigenvalue weighted by Gasteiger charge is -2.04. The molecule has 0 aliphatic rings. The number of halogens is 2. The zero-order valence-corrected chi connectivity index (χ0v) is 16.1. The van der Waals surface area contributed by atoms with Crippen LogP contribution >= 0.6 is 0 Å². The fraction of sp³-hybridized carbons (Fsp3) is 0.200. The highest BCUT2D eigenvalue weighted by molar-refractivity contribution is 6.11. The van der Waals surface area contributed by atoms with Crippen LogP contribution in [0.4, 0.5) is 8.78 Å². The largest absolute Gasteiger partial charge is 0.320 e. The summed E-state index contributed by atoms with van der Waals surface area (Å²) in [6.45, 7) is 4.00. The third kappa shape index (κ3) is 3.35. The smallest absolute Gasteiger partial charge is 0.214 e. The van der Waals surface area contributed by atoms with Gasteiger partial charge in [-0.15, -0.1) is 0 Å². The van der Waals surface area contributed by atoms with Gasteiger partial charge >= 0.3 is 0 Å². The van der Waals surface area contributed by atoms with Crippen molar-refractivity contribution in [3.05, 3.63) is 65.6 Å². The molecule has 0 saturated heterocycles. The SMILES string of the molecule is CC(C)c1nc(/C=C\C(=N)c2c(-c3ccc(F)cc3F)nc3n(C)ccn23)n[nH]1. The topological polar surface area (TPSA) is 87.7 Å². The molecule has 0 unspecified atom stereocenters. The molecule has 4 rings (SSSR count). The van der Waals surface area contributed by atoms with E-state index in [1.54, 1.807) is 34.5 Å². The van der Waals surface area contributed by atoms with Gasteiger partial charge in [0.1, 0.15) is 23.2 Å². The van der Waals surface area contributed by atoms with Crippen LogP contribution in [0, 0.1) is 17.0 Å². The van der Waals surface area contributed by atoms with Crippen LogP contribution in [0.1, 0.15) is 37.1 Å². The molecule has 3 aromatic heterocycles. The molecule has 0 aliphatic heterocycles. The molecule has 0 atom stereocenters. The number of hydrogen-bond acceptors (Lipinski definition) is 4. The standard InChI is InChI=1S/C20H19F2N7/c1-11(2)19-24-16(26-27-19)7-6-15(23)18-17(13-5-4-12(21)10-14(13)22)25-20-28(3)8-9-29(18)20/h4-11,23H,1-3H3,(H,24,26,27)/b7-6-,23-15?. The van der Waals surface area contributed by atoms with Gasteiger partial charge in [-0.1, -0.05) is 13.8 Å². The zero-order valence-electron chi connectivity index (χ0n) is 16.1. The van der Waals surface area contributed by atoms with Crippen LogP contribution in [0.2, 0.25) is 0 Å². The Balaban J connectivity index is 1.79. The molecule has 7 nitrogen and oxygen atoms in total. The zero-order chi connectivity index (χ0) is 20.7. The van der Waals surface area contributed by atoms with Gasteiger partial charge in [-0.05, 0) is 24.3 Å². The molecular weight excluding hydrogens is 376 g/mol. The molecule has 2 N–H and O–H groups in total. The maximum atomic E-state index is 14.4. The van der Waals surface area contributed by atoms with Crippen molar-refractivity contribution in [2.24, 2.45) is 7.05 Å². The van der Waals surface area contributed by atoms with Gasteiger partial charge in [0.15, 0.2) is 5.82 Å². The molecule has 0 spiro atoms. The van der Waals surface area contributed by atoms with E-state index in [-0.39, 0.29) is 22.9 Å². The lowest BCUT2D eigenvalue weighted by atomic mass is 10.1. The highest BCUT2D eigenvalue weighted by Gasteiger charge is 2.21. The van der Waals surface area contributed by atoms with Crippen LogP contribution < -0.4 is 0 Å². The minimum atomic E-state index is -0.734. The van der Waals surface area contributed by atoms with Crippen molar-refractivity contribution in [1.29, 1.82) is 5.41 Å². The van der Waals surface area contributed by atoms with Crippen molar-refractivity contribution in [2.45, 2.75) is 19.8 Å². The quantitative estimate of drug-likeness (QED) is 0.502. The second-order valence-corrected chi connectivity index (χ2v) is 6.99. The van der Waals surface area contributed by atoms with Gasteiger partial charge in [0.25, 0.3) is 0 Å². The second-order valence-electron chi connectivity index (χ2n) is 6.99. The Hall–Kier alpha value is -3.62. The van der Waals surface area contributed by atoms with E-state index in [1.165, 1.54) is 18.2 Å². The van der Waals surface area contributed by atoms with Gasteiger partial charge in [0.05, 0.1) is 11.4 Å². The van der Waals surface area contributed by atoms with Crippen LogP contribution in [0.3, 0.4) is 0 Å². The number of benzene rings is 1. The fourth-order valence-corrected chi connectivity index (χ4v) is 3.03. The van der Waals surface area contributed by atoms with Gasteiger partial charge in [-0.3, -0.25) is 14.9 Å². The van der Waals surface area contributed by atoms with Crippen molar-refractivity contribution < 1.29 is 8.78 Å². The molecule has 3 heterocycles. The van der Waals surface area contributed by atoms with Gasteiger partial charge in [0.2, 0.25) is 5.78 Å². The predicted molar refractivity (Wildman–Crippen MR) is 106 cm³/mol. The average molecular weight is 395 g/mol. The van der Waals surface area contributed by atoms with Crippen molar-refractivity contribution in [3.63, 3.8) is 0 Å². The molecule has 29 heavy (non-hydrogen) atoms. The Morgan fingerprint density at radius 3 is 2.69 bits per heavy atom. The van der Waals surface area contributed by atoms with Crippen molar-refractivity contribution >= 4 is 17.6 Å². The first-order valence-electron chi connectivity index (χ1n) is 9.03. The molecule has 0 amide bonds. The van der Waals surface area contributed by atoms with E-state index < -0.39 is 11.6 Å². The lowest BCUT2D eigenvalue weighted by molar-refractivity contribution is 0.585. The molecule has 0 radical (unpaired) electrons. The summed E-state index contributed by atoms with van der Waals surface area (Å²) in [5, 5.41) is 15.5. The minimum Gasteiger partial charge on any atom is -0.320 e. The number of H-pyrrole nitrogens is 1. The average Bonchev–Trinajstić information content (AvgIpc) is 3.36. The summed E-state index contributed by atoms with van der Waals surface area (Å²) in [7, 11) is 1.80. The molecule has 0 fully saturated rings. The Labute approximate surface area is 165 Å². The second kappa shape index (κ2) is 7.08. The van der Waals surface area contributed by atoms with E-state index in [1.807, 2.05) is 13.8 Å². The highest BCUT2D eigenvalue weighted by atomic mass is 19.1. The van der Waals surface area contributed by atoms with Crippen molar-refractivity contribution in [3.8, 4) is 11.3 Å². The maximum absolute atomic E-state index is 14.4. The van der Waals surface area contributed by atoms with E-state index in [4.69, 9.17) is 5.41 Å². The molecule has 0 aliphatic carbocycles. The molecule has 9 heteroatoms. The third-order valence-electron chi connectivity index (χ3n) is 4.55. The van der Waals surface area contributed by atoms with Crippen molar-refractivity contribution in [1.82, 2.24) is 29.1 Å². The first-order valence-corrected chi connectivity index (χ1v) is 9.03. The van der Waals surface area contributed by atoms with Crippen LogP contribution in [-0.4, -0.2) is 34.8 Å². The Morgan fingerprint density at radius 1 is 1.21 bits per heavy atom. The van der Waals surface area contributed by atoms with E-state index >= 15 is 0 Å². The Morgan fingerprint density at radius 2 is 2.00 bits per heavy atom. The van der Waals surface area contributed by atoms with E-state index in [0.29, 0.717) is 17.3 Å². The first-order chi connectivity index (χ1) is 13.8. The van der Waals surface area contributed by atoms with E-state index in [9.17, 15) is 8.78 Å². The molecule has 148 valence electrons. The number of hydrogen-bond donors (Lipinski definition) is 2. The number of aromatic nitrogens is 6. The van der Waals surface area contributed by atoms with Crippen LogP contribution in [-0.2, 0) is 7.05 Å². The molecule has 0 saturated carbocycles. The molecule has 1 aromatic carbocycles. The summed E-state index contributed by atoms with van der Waals surface area (Å²) >= 11 is 0. The van der Waals surface area contributed by atoms with Crippen LogP contribution in [0.25, 0.3) is 23.1 Å². The fourth-order valence-electron chi connectivity index (χ4n) is 3.03. The van der Waals surface area contributed by atoms with Gasteiger partial charge in [-0.25, -0.2) is 18.7 Å². The number of imidazole rings is 2. The third-order valence-corrected chi connectivity index (χ3v) is 4.55. The van der Waals surface area contributed by atoms with Crippen LogP contribution in [0.5, 0.6) is 0 Å². The lowest BCUT2D eigenvalue weighted by Crippen LogP contribution is -2.02. The number of rotatable bonds is 5. The Kier molecular flexibility index (Phi) is 4.57. The van der Waals surface area contributed by atoms with Gasteiger partial charge < -0.3 is 4.57 Å². The summed E-state index contributed by atoms with van der Waals surface area (Å²) < 4.78 is 31.2. The summed E-state index contributed by atoms with van der Waals surface area (Å²) in [6.07, 6.45) is 6.68. The number of nitrogens with one attached hydrogen (secondary N) is 2. The normalized spacial score (nSPS) is 11.9. The predicted octanol–water partition coefficient (Wildman–Crippen LogP) is 3.94. The summed E-state index contributed by atoms with van der Waals surface area (Å²) in [5.74, 6) is 0.536. The molecule has 4 aromatic rings. The van der Waals surface area contributed by atoms with Crippen molar-refractivity contribution in [2.75, 3.05) is 0 Å². The summed E-state index contributed by atoms with van der Waals surface area (Å²) in [4.78, 5) is 8.84. The summed E-state index contributed by atoms with van der Waals surface area (Å²) in [5.41, 5.74) is 0.879. The maximum Gasteiger partial charge on any atom is 0.214 e. The number of allylic oxidation sites excluding steroid dienone is 1. The number of nitrogens with zero attached hydrogens (tertiary/aromatic N) is 5. The first kappa shape index (κ1) is 18.7. The Bertz CT molecular complexity index is 1240. The number of fused-ring (bicyclic) bond motifs is 1.